The SMILES string of the molecule is Cc1cc([N+](=O)[O-])ccc1-n1c(-c2ccccc2)nc2ccccc2c1=O. The molecule has 6 heteroatoms. The molecule has 0 saturated carbocycles. The molecule has 132 valence electrons. The first-order valence-electron chi connectivity index (χ1n) is 8.39. The fourth-order valence-electron chi connectivity index (χ4n) is 3.14. The fraction of sp³-hybridized carbons (Fsp3) is 0.0476. The van der Waals surface area contributed by atoms with E-state index in [1.54, 1.807) is 31.2 Å². The maximum Gasteiger partial charge on any atom is 0.269 e. The Balaban J connectivity index is 2.09. The first-order valence-corrected chi connectivity index (χ1v) is 8.39. The van der Waals surface area contributed by atoms with Crippen LogP contribution >= 0.6 is 0 Å². The summed E-state index contributed by atoms with van der Waals surface area (Å²) in [7, 11) is 0. The monoisotopic (exact) mass is 357 g/mol. The van der Waals surface area contributed by atoms with Crippen molar-refractivity contribution in [1.29, 1.82) is 0 Å². The summed E-state index contributed by atoms with van der Waals surface area (Å²) in [5, 5.41) is 11.6. The predicted octanol–water partition coefficient (Wildman–Crippen LogP) is 4.27. The molecule has 0 aliphatic heterocycles. The van der Waals surface area contributed by atoms with Gasteiger partial charge in [-0.2, -0.15) is 0 Å². The highest BCUT2D eigenvalue weighted by molar-refractivity contribution is 5.80. The van der Waals surface area contributed by atoms with Gasteiger partial charge in [-0.1, -0.05) is 42.5 Å². The Bertz CT molecular complexity index is 1230. The van der Waals surface area contributed by atoms with E-state index in [0.717, 1.165) is 5.56 Å². The van der Waals surface area contributed by atoms with Crippen molar-refractivity contribution in [2.45, 2.75) is 6.92 Å². The molecular weight excluding hydrogens is 342 g/mol. The maximum absolute atomic E-state index is 13.3. The van der Waals surface area contributed by atoms with E-state index in [4.69, 9.17) is 4.98 Å². The zero-order valence-electron chi connectivity index (χ0n) is 14.5. The molecule has 3 aromatic carbocycles. The third-order valence-corrected chi connectivity index (χ3v) is 4.44. The molecule has 0 saturated heterocycles. The van der Waals surface area contributed by atoms with Crippen LogP contribution in [0.25, 0.3) is 28.0 Å². The van der Waals surface area contributed by atoms with Gasteiger partial charge in [-0.25, -0.2) is 4.98 Å². The average Bonchev–Trinajstić information content (AvgIpc) is 2.69. The van der Waals surface area contributed by atoms with Crippen LogP contribution in [0.4, 0.5) is 5.69 Å². The van der Waals surface area contributed by atoms with Crippen LogP contribution in [0.5, 0.6) is 0 Å². The van der Waals surface area contributed by atoms with Crippen molar-refractivity contribution in [1.82, 2.24) is 9.55 Å². The molecule has 0 unspecified atom stereocenters. The van der Waals surface area contributed by atoms with E-state index in [2.05, 4.69) is 0 Å². The highest BCUT2D eigenvalue weighted by Crippen LogP contribution is 2.25. The summed E-state index contributed by atoms with van der Waals surface area (Å²) in [6.07, 6.45) is 0. The summed E-state index contributed by atoms with van der Waals surface area (Å²) in [6, 6.07) is 21.0. The number of fused-ring (bicyclic) bond motifs is 1. The van der Waals surface area contributed by atoms with Crippen LogP contribution in [0.1, 0.15) is 5.56 Å². The predicted molar refractivity (Wildman–Crippen MR) is 104 cm³/mol. The van der Waals surface area contributed by atoms with Crippen molar-refractivity contribution >= 4 is 16.6 Å². The number of nitro benzene ring substituents is 1. The lowest BCUT2D eigenvalue weighted by molar-refractivity contribution is -0.384. The Morgan fingerprint density at radius 1 is 0.963 bits per heavy atom. The molecule has 4 rings (SSSR count). The third-order valence-electron chi connectivity index (χ3n) is 4.44. The van der Waals surface area contributed by atoms with Crippen molar-refractivity contribution in [3.8, 4) is 17.1 Å². The van der Waals surface area contributed by atoms with E-state index in [0.29, 0.717) is 28.0 Å². The summed E-state index contributed by atoms with van der Waals surface area (Å²) in [6.45, 7) is 1.75. The summed E-state index contributed by atoms with van der Waals surface area (Å²) < 4.78 is 1.52. The zero-order valence-corrected chi connectivity index (χ0v) is 14.5. The number of aryl methyl sites for hydroxylation is 1. The number of aromatic nitrogens is 2. The van der Waals surface area contributed by atoms with Crippen molar-refractivity contribution in [3.05, 3.63) is 98.8 Å². The van der Waals surface area contributed by atoms with E-state index in [-0.39, 0.29) is 11.2 Å². The Morgan fingerprint density at radius 3 is 2.37 bits per heavy atom. The van der Waals surface area contributed by atoms with Crippen molar-refractivity contribution < 1.29 is 4.92 Å². The van der Waals surface area contributed by atoms with Gasteiger partial charge in [-0.15, -0.1) is 0 Å². The van der Waals surface area contributed by atoms with E-state index in [1.165, 1.54) is 16.7 Å². The van der Waals surface area contributed by atoms with E-state index >= 15 is 0 Å². The van der Waals surface area contributed by atoms with Crippen LogP contribution in [0.15, 0.2) is 77.6 Å². The standard InChI is InChI=1S/C21H15N3O3/c1-14-13-16(24(26)27)11-12-19(14)23-20(15-7-3-2-4-8-15)22-18-10-6-5-9-17(18)21(23)25/h2-13H,1H3. The van der Waals surface area contributed by atoms with Crippen LogP contribution in [0.3, 0.4) is 0 Å². The number of benzene rings is 3. The Hall–Kier alpha value is -3.80. The van der Waals surface area contributed by atoms with Crippen LogP contribution in [-0.2, 0) is 0 Å². The molecule has 1 aromatic heterocycles. The second-order valence-electron chi connectivity index (χ2n) is 6.19. The first kappa shape index (κ1) is 16.7. The van der Waals surface area contributed by atoms with Crippen LogP contribution < -0.4 is 5.56 Å². The normalized spacial score (nSPS) is 10.9. The van der Waals surface area contributed by atoms with Gasteiger partial charge in [0.2, 0.25) is 0 Å². The van der Waals surface area contributed by atoms with Gasteiger partial charge >= 0.3 is 0 Å². The van der Waals surface area contributed by atoms with Gasteiger partial charge in [-0.05, 0) is 30.7 Å². The van der Waals surface area contributed by atoms with Gasteiger partial charge in [0, 0.05) is 17.7 Å². The lowest BCUT2D eigenvalue weighted by Crippen LogP contribution is -2.22. The molecule has 0 radical (unpaired) electrons. The first-order chi connectivity index (χ1) is 13.1. The molecule has 0 aliphatic carbocycles. The molecule has 0 spiro atoms. The van der Waals surface area contributed by atoms with Crippen molar-refractivity contribution in [2.75, 3.05) is 0 Å². The van der Waals surface area contributed by atoms with E-state index in [1.807, 2.05) is 36.4 Å². The summed E-state index contributed by atoms with van der Waals surface area (Å²) in [4.78, 5) is 28.6. The number of hydrogen-bond acceptors (Lipinski definition) is 4. The second kappa shape index (κ2) is 6.49. The minimum Gasteiger partial charge on any atom is -0.268 e. The minimum atomic E-state index is -0.448. The highest BCUT2D eigenvalue weighted by atomic mass is 16.6. The molecule has 0 bridgehead atoms. The number of nitrogens with zero attached hydrogens (tertiary/aromatic N) is 3. The summed E-state index contributed by atoms with van der Waals surface area (Å²) >= 11 is 0. The molecule has 0 fully saturated rings. The van der Waals surface area contributed by atoms with Crippen LogP contribution in [0, 0.1) is 17.0 Å². The molecule has 0 aliphatic rings. The summed E-state index contributed by atoms with van der Waals surface area (Å²) in [5.74, 6) is 0.497. The largest absolute Gasteiger partial charge is 0.269 e. The van der Waals surface area contributed by atoms with Gasteiger partial charge in [0.15, 0.2) is 0 Å². The molecular formula is C21H15N3O3. The number of para-hydroxylation sites is 1. The fourth-order valence-corrected chi connectivity index (χ4v) is 3.14. The van der Waals surface area contributed by atoms with Crippen molar-refractivity contribution in [2.24, 2.45) is 0 Å². The number of nitro groups is 1. The Labute approximate surface area is 154 Å². The van der Waals surface area contributed by atoms with E-state index in [9.17, 15) is 14.9 Å². The molecule has 0 amide bonds. The van der Waals surface area contributed by atoms with Crippen molar-refractivity contribution in [3.63, 3.8) is 0 Å². The zero-order chi connectivity index (χ0) is 19.0. The quantitative estimate of drug-likeness (QED) is 0.405. The topological polar surface area (TPSA) is 78.0 Å². The Kier molecular flexibility index (Phi) is 4.01. The molecule has 6 nitrogen and oxygen atoms in total. The molecule has 4 aromatic rings. The average molecular weight is 357 g/mol. The number of non-ortho nitro benzene ring substituents is 1. The van der Waals surface area contributed by atoms with Gasteiger partial charge in [0.05, 0.1) is 21.5 Å². The van der Waals surface area contributed by atoms with Gasteiger partial charge in [-0.3, -0.25) is 19.5 Å². The Morgan fingerprint density at radius 2 is 1.67 bits per heavy atom. The lowest BCUT2D eigenvalue weighted by Gasteiger charge is -2.15. The van der Waals surface area contributed by atoms with Gasteiger partial charge in [0.1, 0.15) is 5.82 Å². The highest BCUT2D eigenvalue weighted by Gasteiger charge is 2.17. The van der Waals surface area contributed by atoms with Crippen LogP contribution in [0.2, 0.25) is 0 Å². The smallest absolute Gasteiger partial charge is 0.268 e. The molecule has 0 atom stereocenters. The maximum atomic E-state index is 13.3. The molecule has 27 heavy (non-hydrogen) atoms. The number of rotatable bonds is 3. The molecule has 1 heterocycles. The van der Waals surface area contributed by atoms with E-state index < -0.39 is 4.92 Å². The van der Waals surface area contributed by atoms with Gasteiger partial charge in [0.25, 0.3) is 11.2 Å². The third kappa shape index (κ3) is 2.87. The summed E-state index contributed by atoms with van der Waals surface area (Å²) in [5.41, 5.74) is 2.37. The lowest BCUT2D eigenvalue weighted by atomic mass is 10.1. The molecule has 0 N–H and O–H groups in total. The minimum absolute atomic E-state index is 0.0145. The van der Waals surface area contributed by atoms with Crippen LogP contribution in [-0.4, -0.2) is 14.5 Å². The number of hydrogen-bond donors (Lipinski definition) is 0. The van der Waals surface area contributed by atoms with Gasteiger partial charge < -0.3 is 0 Å². The second-order valence-corrected chi connectivity index (χ2v) is 6.19.